The molecule has 0 N–H and O–H groups in total. The molecular formula is C16H19FN4. The predicted molar refractivity (Wildman–Crippen MR) is 82.1 cm³/mol. The molecule has 3 rings (SSSR count). The Morgan fingerprint density at radius 3 is 2.86 bits per heavy atom. The summed E-state index contributed by atoms with van der Waals surface area (Å²) in [5, 5.41) is 0. The lowest BCUT2D eigenvalue weighted by Crippen LogP contribution is -2.39. The summed E-state index contributed by atoms with van der Waals surface area (Å²) in [6.45, 7) is 1.82. The number of rotatable bonds is 4. The van der Waals surface area contributed by atoms with Gasteiger partial charge in [0.15, 0.2) is 0 Å². The molecule has 0 aliphatic carbocycles. The van der Waals surface area contributed by atoms with Gasteiger partial charge in [-0.1, -0.05) is 18.2 Å². The van der Waals surface area contributed by atoms with Crippen LogP contribution in [0.3, 0.4) is 0 Å². The minimum absolute atomic E-state index is 0.351. The summed E-state index contributed by atoms with van der Waals surface area (Å²) in [6, 6.07) is 12.1. The van der Waals surface area contributed by atoms with E-state index in [0.717, 1.165) is 25.9 Å². The fourth-order valence-corrected chi connectivity index (χ4v) is 2.91. The third-order valence-electron chi connectivity index (χ3n) is 3.97. The van der Waals surface area contributed by atoms with Crippen LogP contribution < -0.4 is 9.80 Å². The van der Waals surface area contributed by atoms with Crippen molar-refractivity contribution < 1.29 is 4.39 Å². The highest BCUT2D eigenvalue weighted by Crippen LogP contribution is 2.25. The van der Waals surface area contributed by atoms with Crippen molar-refractivity contribution in [3.63, 3.8) is 0 Å². The van der Waals surface area contributed by atoms with Crippen LogP contribution in [-0.4, -0.2) is 36.1 Å². The van der Waals surface area contributed by atoms with E-state index >= 15 is 0 Å². The summed E-state index contributed by atoms with van der Waals surface area (Å²) in [6.07, 6.45) is 3.50. The van der Waals surface area contributed by atoms with Gasteiger partial charge in [0.25, 0.3) is 0 Å². The SMILES string of the molecule is CN(CC1CCCN1c1cc(F)ncn1)c1ccccc1. The van der Waals surface area contributed by atoms with Crippen LogP contribution in [0, 0.1) is 5.95 Å². The van der Waals surface area contributed by atoms with E-state index in [-0.39, 0.29) is 0 Å². The summed E-state index contributed by atoms with van der Waals surface area (Å²) in [7, 11) is 2.09. The number of nitrogens with zero attached hydrogens (tertiary/aromatic N) is 4. The number of likely N-dealkylation sites (N-methyl/N-ethyl adjacent to an activating group) is 1. The molecule has 110 valence electrons. The summed E-state index contributed by atoms with van der Waals surface area (Å²) in [4.78, 5) is 12.2. The maximum atomic E-state index is 13.3. The third-order valence-corrected chi connectivity index (χ3v) is 3.97. The second kappa shape index (κ2) is 6.08. The van der Waals surface area contributed by atoms with E-state index in [1.807, 2.05) is 18.2 Å². The Hall–Kier alpha value is -2.17. The number of para-hydroxylation sites is 1. The predicted octanol–water partition coefficient (Wildman–Crippen LogP) is 2.72. The summed E-state index contributed by atoms with van der Waals surface area (Å²) in [5.74, 6) is 0.216. The highest BCUT2D eigenvalue weighted by molar-refractivity contribution is 5.47. The van der Waals surface area contributed by atoms with E-state index in [1.165, 1.54) is 18.1 Å². The van der Waals surface area contributed by atoms with Gasteiger partial charge >= 0.3 is 0 Å². The fraction of sp³-hybridized carbons (Fsp3) is 0.375. The monoisotopic (exact) mass is 286 g/mol. The van der Waals surface area contributed by atoms with Gasteiger partial charge in [-0.3, -0.25) is 0 Å². The van der Waals surface area contributed by atoms with E-state index in [1.54, 1.807) is 0 Å². The van der Waals surface area contributed by atoms with Crippen LogP contribution in [0.4, 0.5) is 15.9 Å². The van der Waals surface area contributed by atoms with Gasteiger partial charge in [0.05, 0.1) is 0 Å². The molecule has 0 amide bonds. The molecule has 0 bridgehead atoms. The van der Waals surface area contributed by atoms with E-state index in [0.29, 0.717) is 11.9 Å². The summed E-state index contributed by atoms with van der Waals surface area (Å²) >= 11 is 0. The molecule has 1 aliphatic heterocycles. The average Bonchev–Trinajstić information content (AvgIpc) is 2.96. The lowest BCUT2D eigenvalue weighted by atomic mass is 10.2. The van der Waals surface area contributed by atoms with Crippen LogP contribution in [0.1, 0.15) is 12.8 Å². The number of anilines is 2. The van der Waals surface area contributed by atoms with Crippen LogP contribution in [0.25, 0.3) is 0 Å². The van der Waals surface area contributed by atoms with Crippen molar-refractivity contribution >= 4 is 11.5 Å². The first-order valence-electron chi connectivity index (χ1n) is 7.24. The van der Waals surface area contributed by atoms with Gasteiger partial charge in [-0.05, 0) is 25.0 Å². The first-order chi connectivity index (χ1) is 10.2. The second-order valence-electron chi connectivity index (χ2n) is 5.40. The van der Waals surface area contributed by atoms with Gasteiger partial charge in [-0.15, -0.1) is 0 Å². The smallest absolute Gasteiger partial charge is 0.218 e. The first-order valence-corrected chi connectivity index (χ1v) is 7.24. The molecule has 2 aromatic rings. The second-order valence-corrected chi connectivity index (χ2v) is 5.40. The zero-order valence-electron chi connectivity index (χ0n) is 12.1. The van der Waals surface area contributed by atoms with Crippen molar-refractivity contribution in [2.75, 3.05) is 29.9 Å². The molecule has 21 heavy (non-hydrogen) atoms. The minimum Gasteiger partial charge on any atom is -0.373 e. The van der Waals surface area contributed by atoms with Gasteiger partial charge in [0.1, 0.15) is 12.1 Å². The van der Waals surface area contributed by atoms with E-state index in [9.17, 15) is 4.39 Å². The fourth-order valence-electron chi connectivity index (χ4n) is 2.91. The van der Waals surface area contributed by atoms with E-state index < -0.39 is 5.95 Å². The third kappa shape index (κ3) is 3.12. The number of halogens is 1. The van der Waals surface area contributed by atoms with Crippen LogP contribution in [0.5, 0.6) is 0 Å². The number of hydrogen-bond acceptors (Lipinski definition) is 4. The van der Waals surface area contributed by atoms with Gasteiger partial charge in [-0.25, -0.2) is 9.97 Å². The Balaban J connectivity index is 1.73. The molecule has 0 radical (unpaired) electrons. The van der Waals surface area contributed by atoms with Gasteiger partial charge in [0.2, 0.25) is 5.95 Å². The van der Waals surface area contributed by atoms with Gasteiger partial charge in [0, 0.05) is 37.9 Å². The van der Waals surface area contributed by atoms with Crippen molar-refractivity contribution in [1.29, 1.82) is 0 Å². The van der Waals surface area contributed by atoms with Crippen molar-refractivity contribution in [3.8, 4) is 0 Å². The Labute approximate surface area is 124 Å². The number of hydrogen-bond donors (Lipinski definition) is 0. The summed E-state index contributed by atoms with van der Waals surface area (Å²) < 4.78 is 13.3. The molecule has 0 saturated carbocycles. The maximum Gasteiger partial charge on any atom is 0.218 e. The average molecular weight is 286 g/mol. The molecular weight excluding hydrogens is 267 g/mol. The van der Waals surface area contributed by atoms with Crippen molar-refractivity contribution in [2.45, 2.75) is 18.9 Å². The molecule has 1 aliphatic rings. The van der Waals surface area contributed by atoms with Gasteiger partial charge < -0.3 is 9.80 Å². The lowest BCUT2D eigenvalue weighted by molar-refractivity contribution is 0.575. The van der Waals surface area contributed by atoms with Crippen LogP contribution in [0.2, 0.25) is 0 Å². The maximum absolute atomic E-state index is 13.3. The van der Waals surface area contributed by atoms with Crippen LogP contribution in [-0.2, 0) is 0 Å². The van der Waals surface area contributed by atoms with Gasteiger partial charge in [-0.2, -0.15) is 4.39 Å². The first kappa shape index (κ1) is 13.8. The zero-order valence-corrected chi connectivity index (χ0v) is 12.1. The Bertz CT molecular complexity index is 590. The lowest BCUT2D eigenvalue weighted by Gasteiger charge is -2.30. The van der Waals surface area contributed by atoms with E-state index in [4.69, 9.17) is 0 Å². The Morgan fingerprint density at radius 2 is 2.10 bits per heavy atom. The Kier molecular flexibility index (Phi) is 3.99. The highest BCUT2D eigenvalue weighted by atomic mass is 19.1. The van der Waals surface area contributed by atoms with Crippen LogP contribution >= 0.6 is 0 Å². The van der Waals surface area contributed by atoms with Crippen molar-refractivity contribution in [1.82, 2.24) is 9.97 Å². The molecule has 1 fully saturated rings. The molecule has 2 heterocycles. The standard InChI is InChI=1S/C16H19FN4/c1-20(13-6-3-2-4-7-13)11-14-8-5-9-21(14)16-10-15(17)18-12-19-16/h2-4,6-7,10,12,14H,5,8-9,11H2,1H3. The largest absolute Gasteiger partial charge is 0.373 e. The molecule has 1 saturated heterocycles. The molecule has 1 atom stereocenters. The molecule has 1 aromatic carbocycles. The molecule has 4 nitrogen and oxygen atoms in total. The number of benzene rings is 1. The quantitative estimate of drug-likeness (QED) is 0.809. The highest BCUT2D eigenvalue weighted by Gasteiger charge is 2.27. The minimum atomic E-state index is -0.470. The molecule has 1 aromatic heterocycles. The summed E-state index contributed by atoms with van der Waals surface area (Å²) in [5.41, 5.74) is 1.19. The molecule has 5 heteroatoms. The van der Waals surface area contributed by atoms with Crippen molar-refractivity contribution in [2.24, 2.45) is 0 Å². The number of aromatic nitrogens is 2. The molecule has 1 unspecified atom stereocenters. The van der Waals surface area contributed by atoms with Crippen LogP contribution in [0.15, 0.2) is 42.7 Å². The van der Waals surface area contributed by atoms with E-state index in [2.05, 4.69) is 38.9 Å². The zero-order chi connectivity index (χ0) is 14.7. The Morgan fingerprint density at radius 1 is 1.29 bits per heavy atom. The normalized spacial score (nSPS) is 18.0. The molecule has 0 spiro atoms. The van der Waals surface area contributed by atoms with Crippen molar-refractivity contribution in [3.05, 3.63) is 48.7 Å². The topological polar surface area (TPSA) is 32.3 Å².